The Morgan fingerprint density at radius 1 is 1.05 bits per heavy atom. The summed E-state index contributed by atoms with van der Waals surface area (Å²) < 4.78 is 26.1. The van der Waals surface area contributed by atoms with Crippen molar-refractivity contribution in [3.05, 3.63) is 94.0 Å². The van der Waals surface area contributed by atoms with Gasteiger partial charge in [0, 0.05) is 10.8 Å². The van der Waals surface area contributed by atoms with Crippen LogP contribution < -0.4 is 15.6 Å². The average molecular weight is 518 g/mol. The number of aromatic nitrogens is 2. The maximum Gasteiger partial charge on any atom is 0.359 e. The lowest BCUT2D eigenvalue weighted by atomic mass is 10.1. The van der Waals surface area contributed by atoms with E-state index in [1.54, 1.807) is 19.1 Å². The van der Waals surface area contributed by atoms with Gasteiger partial charge in [0.1, 0.15) is 22.3 Å². The van der Waals surface area contributed by atoms with E-state index in [2.05, 4.69) is 10.4 Å². The molecule has 0 bridgehead atoms. The Balaban J connectivity index is 1.47. The van der Waals surface area contributed by atoms with Crippen LogP contribution >= 0.6 is 11.3 Å². The molecule has 2 aromatic heterocycles. The van der Waals surface area contributed by atoms with E-state index in [0.717, 1.165) is 26.8 Å². The molecule has 0 radical (unpaired) electrons. The number of rotatable bonds is 7. The summed E-state index contributed by atoms with van der Waals surface area (Å²) in [6, 6.07) is 18.8. The molecule has 0 aliphatic heterocycles. The number of hydrogen-bond donors (Lipinski definition) is 1. The third-order valence-corrected chi connectivity index (χ3v) is 6.44. The molecule has 5 aromatic rings. The largest absolute Gasteiger partial charge is 0.484 e. The highest BCUT2D eigenvalue weighted by Gasteiger charge is 2.24. The summed E-state index contributed by atoms with van der Waals surface area (Å²) in [5.74, 6) is -1.47. The van der Waals surface area contributed by atoms with Gasteiger partial charge in [0.15, 0.2) is 12.3 Å². The van der Waals surface area contributed by atoms with Gasteiger partial charge in [-0.25, -0.2) is 9.18 Å². The summed E-state index contributed by atoms with van der Waals surface area (Å²) >= 11 is 1.04. The van der Waals surface area contributed by atoms with Gasteiger partial charge >= 0.3 is 5.97 Å². The molecule has 1 N–H and O–H groups in total. The van der Waals surface area contributed by atoms with Gasteiger partial charge in [0.2, 0.25) is 0 Å². The van der Waals surface area contributed by atoms with E-state index in [4.69, 9.17) is 9.47 Å². The molecule has 10 heteroatoms. The fourth-order valence-corrected chi connectivity index (χ4v) is 4.80. The van der Waals surface area contributed by atoms with Crippen molar-refractivity contribution in [2.24, 2.45) is 0 Å². The van der Waals surface area contributed by atoms with Gasteiger partial charge in [-0.05, 0) is 42.0 Å². The lowest BCUT2D eigenvalue weighted by molar-refractivity contribution is -0.118. The number of amides is 1. The Labute approximate surface area is 213 Å². The van der Waals surface area contributed by atoms with Crippen molar-refractivity contribution in [1.82, 2.24) is 9.78 Å². The highest BCUT2D eigenvalue weighted by molar-refractivity contribution is 7.16. The lowest BCUT2D eigenvalue weighted by Gasteiger charge is -2.11. The van der Waals surface area contributed by atoms with Gasteiger partial charge in [0.25, 0.3) is 11.5 Å². The summed E-state index contributed by atoms with van der Waals surface area (Å²) in [4.78, 5) is 38.7. The van der Waals surface area contributed by atoms with Gasteiger partial charge in [-0.3, -0.25) is 9.59 Å². The van der Waals surface area contributed by atoms with Gasteiger partial charge in [-0.1, -0.05) is 42.5 Å². The summed E-state index contributed by atoms with van der Waals surface area (Å²) in [7, 11) is 0. The number of halogens is 1. The van der Waals surface area contributed by atoms with Gasteiger partial charge < -0.3 is 14.8 Å². The predicted molar refractivity (Wildman–Crippen MR) is 139 cm³/mol. The average Bonchev–Trinajstić information content (AvgIpc) is 3.32. The molecule has 1 amide bonds. The summed E-state index contributed by atoms with van der Waals surface area (Å²) in [5.41, 5.74) is -0.993. The van der Waals surface area contributed by atoms with Crippen LogP contribution in [0.2, 0.25) is 0 Å². The second kappa shape index (κ2) is 10.2. The second-order valence-electron chi connectivity index (χ2n) is 7.94. The van der Waals surface area contributed by atoms with Gasteiger partial charge in [0.05, 0.1) is 12.0 Å². The number of hydrogen-bond acceptors (Lipinski definition) is 7. The normalized spacial score (nSPS) is 11.0. The number of benzene rings is 3. The minimum absolute atomic E-state index is 0.0189. The van der Waals surface area contributed by atoms with Crippen LogP contribution in [0.25, 0.3) is 27.2 Å². The zero-order valence-electron chi connectivity index (χ0n) is 19.6. The van der Waals surface area contributed by atoms with Crippen molar-refractivity contribution in [2.75, 3.05) is 18.5 Å². The molecule has 186 valence electrons. The molecule has 37 heavy (non-hydrogen) atoms. The zero-order chi connectivity index (χ0) is 25.9. The molecule has 0 spiro atoms. The molecule has 0 unspecified atom stereocenters. The number of fused-ring (bicyclic) bond motifs is 2. The van der Waals surface area contributed by atoms with Crippen molar-refractivity contribution in [3.8, 4) is 11.4 Å². The Bertz CT molecular complexity index is 1710. The standard InChI is InChI=1S/C27H20FN3O5S/c1-2-35-27(34)24-19-15-37-25(23(19)26(33)31(30-24)21-10-6-5-9-20(21)28)29-22(32)14-36-18-12-11-16-7-3-4-8-17(16)13-18/h3-13,15H,2,14H2,1H3,(H,29,32). The van der Waals surface area contributed by atoms with Crippen LogP contribution in [-0.2, 0) is 9.53 Å². The Morgan fingerprint density at radius 2 is 1.81 bits per heavy atom. The van der Waals surface area contributed by atoms with E-state index < -0.39 is 23.3 Å². The lowest BCUT2D eigenvalue weighted by Crippen LogP contribution is -2.27. The first-order valence-corrected chi connectivity index (χ1v) is 12.2. The van der Waals surface area contributed by atoms with E-state index >= 15 is 0 Å². The van der Waals surface area contributed by atoms with Crippen molar-refractivity contribution in [3.63, 3.8) is 0 Å². The van der Waals surface area contributed by atoms with E-state index in [0.29, 0.717) is 5.75 Å². The maximum atomic E-state index is 14.5. The number of esters is 1. The Hall–Kier alpha value is -4.57. The molecule has 0 atom stereocenters. The molecule has 8 nitrogen and oxygen atoms in total. The third-order valence-electron chi connectivity index (χ3n) is 5.55. The van der Waals surface area contributed by atoms with Crippen molar-refractivity contribution in [2.45, 2.75) is 6.92 Å². The van der Waals surface area contributed by atoms with Crippen molar-refractivity contribution >= 4 is 49.8 Å². The Kier molecular flexibility index (Phi) is 6.65. The fraction of sp³-hybridized carbons (Fsp3) is 0.111. The van der Waals surface area contributed by atoms with Crippen LogP contribution in [0.3, 0.4) is 0 Å². The molecule has 5 rings (SSSR count). The number of thiophene rings is 1. The molecular formula is C27H20FN3O5S. The number of anilines is 1. The first kappa shape index (κ1) is 24.1. The van der Waals surface area contributed by atoms with Crippen molar-refractivity contribution < 1.29 is 23.5 Å². The first-order valence-electron chi connectivity index (χ1n) is 11.3. The van der Waals surface area contributed by atoms with Crippen LogP contribution in [-0.4, -0.2) is 34.9 Å². The van der Waals surface area contributed by atoms with Crippen LogP contribution in [0, 0.1) is 5.82 Å². The molecule has 3 aromatic carbocycles. The van der Waals surface area contributed by atoms with E-state index in [1.165, 1.54) is 23.6 Å². The van der Waals surface area contributed by atoms with Gasteiger partial charge in [-0.2, -0.15) is 9.78 Å². The quantitative estimate of drug-likeness (QED) is 0.307. The van der Waals surface area contributed by atoms with Crippen molar-refractivity contribution in [1.29, 1.82) is 0 Å². The summed E-state index contributed by atoms with van der Waals surface area (Å²) in [6.45, 7) is 1.41. The van der Waals surface area contributed by atoms with Crippen LogP contribution in [0.4, 0.5) is 9.39 Å². The highest BCUT2D eigenvalue weighted by Crippen LogP contribution is 2.31. The highest BCUT2D eigenvalue weighted by atomic mass is 32.1. The van der Waals surface area contributed by atoms with Crippen LogP contribution in [0.5, 0.6) is 5.75 Å². The number of carbonyl (C=O) groups excluding carboxylic acids is 2. The predicted octanol–water partition coefficient (Wildman–Crippen LogP) is 4.93. The number of ether oxygens (including phenoxy) is 2. The van der Waals surface area contributed by atoms with Gasteiger partial charge in [-0.15, -0.1) is 11.3 Å². The number of para-hydroxylation sites is 1. The minimum Gasteiger partial charge on any atom is -0.484 e. The fourth-order valence-electron chi connectivity index (χ4n) is 3.85. The zero-order valence-corrected chi connectivity index (χ0v) is 20.4. The first-order chi connectivity index (χ1) is 18.0. The monoisotopic (exact) mass is 517 g/mol. The molecule has 0 aliphatic carbocycles. The van der Waals surface area contributed by atoms with Crippen LogP contribution in [0.1, 0.15) is 17.4 Å². The van der Waals surface area contributed by atoms with Crippen LogP contribution in [0.15, 0.2) is 76.9 Å². The third kappa shape index (κ3) is 4.78. The van der Waals surface area contributed by atoms with E-state index in [-0.39, 0.29) is 40.4 Å². The molecule has 0 saturated carbocycles. The SMILES string of the molecule is CCOC(=O)c1nn(-c2ccccc2F)c(=O)c2c(NC(=O)COc3ccc4ccccc4c3)scc12. The minimum atomic E-state index is -0.770. The molecule has 0 saturated heterocycles. The smallest absolute Gasteiger partial charge is 0.359 e. The maximum absolute atomic E-state index is 14.5. The number of carbonyl (C=O) groups is 2. The molecule has 0 fully saturated rings. The number of nitrogens with zero attached hydrogens (tertiary/aromatic N) is 2. The molecule has 2 heterocycles. The topological polar surface area (TPSA) is 99.5 Å². The molecular weight excluding hydrogens is 497 g/mol. The molecule has 0 aliphatic rings. The van der Waals surface area contributed by atoms with E-state index in [9.17, 15) is 18.8 Å². The summed E-state index contributed by atoms with van der Waals surface area (Å²) in [6.07, 6.45) is 0. The Morgan fingerprint density at radius 3 is 2.59 bits per heavy atom. The summed E-state index contributed by atoms with van der Waals surface area (Å²) in [5, 5.41) is 10.7. The second-order valence-corrected chi connectivity index (χ2v) is 8.82. The van der Waals surface area contributed by atoms with E-state index in [1.807, 2.05) is 36.4 Å². The number of nitrogens with one attached hydrogen (secondary N) is 1.